The topological polar surface area (TPSA) is 49.9 Å². The van der Waals surface area contributed by atoms with Crippen molar-refractivity contribution in [3.05, 3.63) is 29.3 Å². The van der Waals surface area contributed by atoms with Crippen LogP contribution in [-0.2, 0) is 9.59 Å². The van der Waals surface area contributed by atoms with E-state index in [1.807, 2.05) is 24.9 Å². The van der Waals surface area contributed by atoms with E-state index in [2.05, 4.69) is 19.1 Å². The van der Waals surface area contributed by atoms with Gasteiger partial charge in [0.2, 0.25) is 11.8 Å². The van der Waals surface area contributed by atoms with E-state index < -0.39 is 0 Å². The van der Waals surface area contributed by atoms with Crippen LogP contribution in [0.1, 0.15) is 43.2 Å². The van der Waals surface area contributed by atoms with Crippen LogP contribution in [0.4, 0.5) is 0 Å². The first-order valence-electron chi connectivity index (χ1n) is 9.19. The Hall–Kier alpha value is -2.04. The highest BCUT2D eigenvalue weighted by atomic mass is 16.5. The minimum atomic E-state index is 0.137. The van der Waals surface area contributed by atoms with Gasteiger partial charge in [0.15, 0.2) is 0 Å². The molecule has 5 nitrogen and oxygen atoms in total. The second-order valence-electron chi connectivity index (χ2n) is 6.87. The van der Waals surface area contributed by atoms with Gasteiger partial charge in [-0.05, 0) is 50.3 Å². The summed E-state index contributed by atoms with van der Waals surface area (Å²) in [6.07, 6.45) is 3.66. The smallest absolute Gasteiger partial charge is 0.222 e. The Labute approximate surface area is 150 Å². The van der Waals surface area contributed by atoms with E-state index in [0.717, 1.165) is 37.1 Å². The molecule has 1 fully saturated rings. The predicted molar refractivity (Wildman–Crippen MR) is 98.7 cm³/mol. The summed E-state index contributed by atoms with van der Waals surface area (Å²) in [5.74, 6) is 1.28. The van der Waals surface area contributed by atoms with Crippen LogP contribution in [0.5, 0.6) is 5.75 Å². The number of amides is 2. The molecule has 1 saturated heterocycles. The summed E-state index contributed by atoms with van der Waals surface area (Å²) < 4.78 is 5.83. The van der Waals surface area contributed by atoms with Crippen molar-refractivity contribution in [2.24, 2.45) is 0 Å². The van der Waals surface area contributed by atoms with E-state index in [0.29, 0.717) is 32.5 Å². The lowest BCUT2D eigenvalue weighted by atomic mass is 10.1. The van der Waals surface area contributed by atoms with E-state index in [4.69, 9.17) is 4.74 Å². The standard InChI is InChI=1S/C20H30N2O3/c1-16-9-10-17(2)18(15-16)25-14-6-11-21(3)19(23)7-4-12-22-13-5-8-20(22)24/h9-10,15H,4-8,11-14H2,1-3H3. The molecule has 0 N–H and O–H groups in total. The van der Waals surface area contributed by atoms with Crippen molar-refractivity contribution in [2.45, 2.75) is 46.0 Å². The molecule has 0 spiro atoms. The highest BCUT2D eigenvalue weighted by Crippen LogP contribution is 2.19. The van der Waals surface area contributed by atoms with Crippen molar-refractivity contribution in [3.63, 3.8) is 0 Å². The molecule has 0 atom stereocenters. The van der Waals surface area contributed by atoms with E-state index in [1.54, 1.807) is 4.90 Å². The Morgan fingerprint density at radius 2 is 2.08 bits per heavy atom. The van der Waals surface area contributed by atoms with Crippen molar-refractivity contribution in [1.29, 1.82) is 0 Å². The molecule has 0 aromatic heterocycles. The maximum Gasteiger partial charge on any atom is 0.222 e. The SMILES string of the molecule is Cc1ccc(C)c(OCCCN(C)C(=O)CCCN2CCCC2=O)c1. The number of carbonyl (C=O) groups is 2. The molecule has 0 radical (unpaired) electrons. The highest BCUT2D eigenvalue weighted by Gasteiger charge is 2.19. The molecule has 25 heavy (non-hydrogen) atoms. The Kier molecular flexibility index (Phi) is 7.29. The van der Waals surface area contributed by atoms with E-state index >= 15 is 0 Å². The van der Waals surface area contributed by atoms with Crippen LogP contribution in [0, 0.1) is 13.8 Å². The zero-order valence-electron chi connectivity index (χ0n) is 15.7. The molecule has 0 aliphatic carbocycles. The summed E-state index contributed by atoms with van der Waals surface area (Å²) in [6.45, 7) is 6.92. The van der Waals surface area contributed by atoms with E-state index in [9.17, 15) is 9.59 Å². The Morgan fingerprint density at radius 3 is 2.80 bits per heavy atom. The first-order valence-corrected chi connectivity index (χ1v) is 9.19. The minimum absolute atomic E-state index is 0.137. The van der Waals surface area contributed by atoms with Gasteiger partial charge in [0.05, 0.1) is 6.61 Å². The number of ether oxygens (including phenoxy) is 1. The fourth-order valence-electron chi connectivity index (χ4n) is 3.02. The number of likely N-dealkylation sites (tertiary alicyclic amines) is 1. The average Bonchev–Trinajstić information content (AvgIpc) is 2.99. The zero-order valence-corrected chi connectivity index (χ0v) is 15.7. The summed E-state index contributed by atoms with van der Waals surface area (Å²) in [7, 11) is 1.83. The van der Waals surface area contributed by atoms with E-state index in [1.165, 1.54) is 5.56 Å². The van der Waals surface area contributed by atoms with Gasteiger partial charge in [-0.3, -0.25) is 9.59 Å². The molecular formula is C20H30N2O3. The van der Waals surface area contributed by atoms with Crippen molar-refractivity contribution in [2.75, 3.05) is 33.3 Å². The number of aryl methyl sites for hydroxylation is 2. The Bertz CT molecular complexity index is 601. The van der Waals surface area contributed by atoms with Crippen molar-refractivity contribution < 1.29 is 14.3 Å². The van der Waals surface area contributed by atoms with Crippen LogP contribution in [0.25, 0.3) is 0 Å². The second-order valence-corrected chi connectivity index (χ2v) is 6.87. The monoisotopic (exact) mass is 346 g/mol. The first-order chi connectivity index (χ1) is 12.0. The van der Waals surface area contributed by atoms with Gasteiger partial charge in [0.1, 0.15) is 5.75 Å². The van der Waals surface area contributed by atoms with Gasteiger partial charge >= 0.3 is 0 Å². The van der Waals surface area contributed by atoms with Crippen LogP contribution >= 0.6 is 0 Å². The second kappa shape index (κ2) is 9.44. The molecule has 1 heterocycles. The van der Waals surface area contributed by atoms with Gasteiger partial charge in [-0.25, -0.2) is 0 Å². The zero-order chi connectivity index (χ0) is 18.2. The molecule has 2 rings (SSSR count). The predicted octanol–water partition coefficient (Wildman–Crippen LogP) is 2.93. The lowest BCUT2D eigenvalue weighted by Gasteiger charge is -2.19. The third-order valence-electron chi connectivity index (χ3n) is 4.65. The van der Waals surface area contributed by atoms with Gasteiger partial charge in [0.25, 0.3) is 0 Å². The number of rotatable bonds is 9. The van der Waals surface area contributed by atoms with Gasteiger partial charge in [-0.15, -0.1) is 0 Å². The maximum absolute atomic E-state index is 12.1. The number of hydrogen-bond acceptors (Lipinski definition) is 3. The lowest BCUT2D eigenvalue weighted by molar-refractivity contribution is -0.131. The average molecular weight is 346 g/mol. The molecule has 0 bridgehead atoms. The molecule has 1 aromatic rings. The van der Waals surface area contributed by atoms with Crippen molar-refractivity contribution in [3.8, 4) is 5.75 Å². The quantitative estimate of drug-likeness (QED) is 0.646. The third kappa shape index (κ3) is 6.07. The summed E-state index contributed by atoms with van der Waals surface area (Å²) in [5.41, 5.74) is 2.32. The largest absolute Gasteiger partial charge is 0.493 e. The summed E-state index contributed by atoms with van der Waals surface area (Å²) in [6, 6.07) is 6.18. The molecule has 2 amide bonds. The number of carbonyl (C=O) groups excluding carboxylic acids is 2. The number of hydrogen-bond donors (Lipinski definition) is 0. The van der Waals surface area contributed by atoms with Crippen molar-refractivity contribution >= 4 is 11.8 Å². The molecule has 0 saturated carbocycles. The Balaban J connectivity index is 1.60. The van der Waals surface area contributed by atoms with Crippen LogP contribution in [0.2, 0.25) is 0 Å². The first kappa shape index (κ1) is 19.3. The number of nitrogens with zero attached hydrogens (tertiary/aromatic N) is 2. The molecule has 5 heteroatoms. The van der Waals surface area contributed by atoms with E-state index in [-0.39, 0.29) is 11.8 Å². The van der Waals surface area contributed by atoms with Crippen LogP contribution in [0.3, 0.4) is 0 Å². The molecular weight excluding hydrogens is 316 g/mol. The molecule has 1 aliphatic rings. The molecule has 1 aromatic carbocycles. The van der Waals surface area contributed by atoms with Crippen LogP contribution in [0.15, 0.2) is 18.2 Å². The van der Waals surface area contributed by atoms with Gasteiger partial charge < -0.3 is 14.5 Å². The maximum atomic E-state index is 12.1. The molecule has 1 aliphatic heterocycles. The number of benzene rings is 1. The fourth-order valence-corrected chi connectivity index (χ4v) is 3.02. The Morgan fingerprint density at radius 1 is 1.28 bits per heavy atom. The van der Waals surface area contributed by atoms with Gasteiger partial charge in [-0.2, -0.15) is 0 Å². The van der Waals surface area contributed by atoms with Crippen molar-refractivity contribution in [1.82, 2.24) is 9.80 Å². The summed E-state index contributed by atoms with van der Waals surface area (Å²) in [5, 5.41) is 0. The fraction of sp³-hybridized carbons (Fsp3) is 0.600. The summed E-state index contributed by atoms with van der Waals surface area (Å²) in [4.78, 5) is 27.3. The molecule has 138 valence electrons. The minimum Gasteiger partial charge on any atom is -0.493 e. The van der Waals surface area contributed by atoms with Crippen LogP contribution in [-0.4, -0.2) is 54.9 Å². The lowest BCUT2D eigenvalue weighted by Crippen LogP contribution is -2.30. The highest BCUT2D eigenvalue weighted by molar-refractivity contribution is 5.78. The normalized spacial score (nSPS) is 14.0. The van der Waals surface area contributed by atoms with Gasteiger partial charge in [0, 0.05) is 39.5 Å². The molecule has 0 unspecified atom stereocenters. The summed E-state index contributed by atoms with van der Waals surface area (Å²) >= 11 is 0. The van der Waals surface area contributed by atoms with Crippen LogP contribution < -0.4 is 4.74 Å². The van der Waals surface area contributed by atoms with Gasteiger partial charge in [-0.1, -0.05) is 12.1 Å². The third-order valence-corrected chi connectivity index (χ3v) is 4.65.